The fourth-order valence-corrected chi connectivity index (χ4v) is 4.83. The second-order valence-corrected chi connectivity index (χ2v) is 9.17. The van der Waals surface area contributed by atoms with Crippen LogP contribution >= 0.6 is 24.0 Å². The van der Waals surface area contributed by atoms with Crippen LogP contribution in [0.1, 0.15) is 38.2 Å². The van der Waals surface area contributed by atoms with Gasteiger partial charge in [-0.25, -0.2) is 4.39 Å². The molecule has 28 heavy (non-hydrogen) atoms. The van der Waals surface area contributed by atoms with Crippen molar-refractivity contribution in [3.8, 4) is 0 Å². The topological polar surface area (TPSA) is 56.7 Å². The van der Waals surface area contributed by atoms with E-state index < -0.39 is 10.8 Å². The van der Waals surface area contributed by atoms with Crippen LogP contribution in [0.25, 0.3) is 0 Å². The van der Waals surface area contributed by atoms with Crippen LogP contribution in [0, 0.1) is 5.82 Å². The summed E-state index contributed by atoms with van der Waals surface area (Å²) in [5, 5.41) is 7.16. The molecule has 0 heterocycles. The smallest absolute Gasteiger partial charge is 0.191 e. The van der Waals surface area contributed by atoms with Crippen LogP contribution in [0.3, 0.4) is 0 Å². The molecule has 1 aromatic rings. The number of benzene rings is 1. The minimum Gasteiger partial charge on any atom is -0.355 e. The van der Waals surface area contributed by atoms with Crippen LogP contribution in [-0.2, 0) is 17.3 Å². The second kappa shape index (κ2) is 13.5. The maximum Gasteiger partial charge on any atom is 0.191 e. The molecule has 0 spiro atoms. The highest BCUT2D eigenvalue weighted by Gasteiger charge is 2.25. The molecular weight excluding hydrogens is 490 g/mol. The molecule has 0 saturated heterocycles. The molecule has 160 valence electrons. The van der Waals surface area contributed by atoms with Gasteiger partial charge in [0, 0.05) is 54.5 Å². The number of rotatable bonds is 8. The molecule has 1 aromatic carbocycles. The maximum atomic E-state index is 13.0. The summed E-state index contributed by atoms with van der Waals surface area (Å²) >= 11 is 0. The Morgan fingerprint density at radius 3 is 2.68 bits per heavy atom. The number of nitrogens with one attached hydrogen (secondary N) is 2. The molecule has 1 saturated carbocycles. The number of halogens is 2. The number of nitrogens with zero attached hydrogens (tertiary/aromatic N) is 2. The monoisotopic (exact) mass is 524 g/mol. The molecule has 1 fully saturated rings. The van der Waals surface area contributed by atoms with E-state index >= 15 is 0 Å². The van der Waals surface area contributed by atoms with E-state index in [1.54, 1.807) is 7.05 Å². The summed E-state index contributed by atoms with van der Waals surface area (Å²) in [6, 6.07) is 6.97. The van der Waals surface area contributed by atoms with Crippen molar-refractivity contribution in [2.24, 2.45) is 4.99 Å². The van der Waals surface area contributed by atoms with Crippen molar-refractivity contribution in [3.05, 3.63) is 35.6 Å². The molecule has 0 aliphatic heterocycles. The van der Waals surface area contributed by atoms with Gasteiger partial charge in [0.05, 0.1) is 0 Å². The molecule has 1 aliphatic carbocycles. The molecule has 2 rings (SSSR count). The van der Waals surface area contributed by atoms with Gasteiger partial charge >= 0.3 is 0 Å². The summed E-state index contributed by atoms with van der Waals surface area (Å²) in [6.07, 6.45) is 4.23. The number of hydrogen-bond donors (Lipinski definition) is 2. The lowest BCUT2D eigenvalue weighted by molar-refractivity contribution is 0.330. The van der Waals surface area contributed by atoms with Crippen LogP contribution in [0.5, 0.6) is 0 Å². The summed E-state index contributed by atoms with van der Waals surface area (Å²) in [6.45, 7) is 4.40. The van der Waals surface area contributed by atoms with Gasteiger partial charge in [0.25, 0.3) is 0 Å². The highest BCUT2D eigenvalue weighted by molar-refractivity contribution is 14.0. The number of aliphatic imine (C=N–C) groups is 1. The van der Waals surface area contributed by atoms with Gasteiger partial charge in [-0.15, -0.1) is 24.0 Å². The molecule has 2 N–H and O–H groups in total. The van der Waals surface area contributed by atoms with E-state index in [0.29, 0.717) is 11.3 Å². The lowest BCUT2D eigenvalue weighted by Gasteiger charge is -2.30. The Morgan fingerprint density at radius 1 is 1.32 bits per heavy atom. The Bertz CT molecular complexity index is 629. The molecule has 0 radical (unpaired) electrons. The van der Waals surface area contributed by atoms with Gasteiger partial charge in [-0.2, -0.15) is 0 Å². The molecule has 0 aromatic heterocycles. The van der Waals surface area contributed by atoms with Crippen molar-refractivity contribution < 1.29 is 8.60 Å². The second-order valence-electron chi connectivity index (χ2n) is 7.16. The van der Waals surface area contributed by atoms with E-state index in [1.807, 2.05) is 26.1 Å². The van der Waals surface area contributed by atoms with Gasteiger partial charge in [0.15, 0.2) is 5.96 Å². The summed E-state index contributed by atoms with van der Waals surface area (Å²) < 4.78 is 25.1. The maximum absolute atomic E-state index is 13.0. The fraction of sp³-hybridized carbons (Fsp3) is 0.650. The standard InChI is InChI=1S/C20H33FN4OS.HI/c1-4-27(26)19-7-5-6-18(14-19)24-20(22-2)23-12-13-25(3)15-16-8-10-17(21)11-9-16;/h8-11,18-19H,4-7,12-15H2,1-3H3,(H2,22,23,24);1H. The minimum absolute atomic E-state index is 0. The van der Waals surface area contributed by atoms with Gasteiger partial charge in [-0.05, 0) is 44.0 Å². The lowest BCUT2D eigenvalue weighted by Crippen LogP contribution is -2.47. The predicted octanol–water partition coefficient (Wildman–Crippen LogP) is 3.12. The van der Waals surface area contributed by atoms with Crippen LogP contribution in [-0.4, -0.2) is 59.3 Å². The summed E-state index contributed by atoms with van der Waals surface area (Å²) in [7, 11) is 3.11. The summed E-state index contributed by atoms with van der Waals surface area (Å²) in [4.78, 5) is 6.51. The van der Waals surface area contributed by atoms with Crippen molar-refractivity contribution in [1.82, 2.24) is 15.5 Å². The van der Waals surface area contributed by atoms with E-state index in [1.165, 1.54) is 12.1 Å². The normalized spacial score (nSPS) is 21.1. The first-order valence-electron chi connectivity index (χ1n) is 9.79. The van der Waals surface area contributed by atoms with Crippen molar-refractivity contribution in [1.29, 1.82) is 0 Å². The van der Waals surface area contributed by atoms with Crippen LogP contribution < -0.4 is 10.6 Å². The first-order valence-corrected chi connectivity index (χ1v) is 11.2. The first-order chi connectivity index (χ1) is 13.0. The predicted molar refractivity (Wildman–Crippen MR) is 127 cm³/mol. The quantitative estimate of drug-likeness (QED) is 0.312. The Balaban J connectivity index is 0.00000392. The van der Waals surface area contributed by atoms with Crippen LogP contribution in [0.4, 0.5) is 4.39 Å². The SMILES string of the molecule is CCS(=O)C1CCCC(NC(=NC)NCCN(C)Cc2ccc(F)cc2)C1.I. The Hall–Kier alpha value is -0.740. The van der Waals surface area contributed by atoms with Gasteiger partial charge < -0.3 is 15.5 Å². The number of likely N-dealkylation sites (N-methyl/N-ethyl adjacent to an activating group) is 1. The molecular formula is C20H34FIN4OS. The molecule has 5 nitrogen and oxygen atoms in total. The third-order valence-electron chi connectivity index (χ3n) is 5.00. The van der Waals surface area contributed by atoms with Crippen molar-refractivity contribution >= 4 is 40.7 Å². The highest BCUT2D eigenvalue weighted by atomic mass is 127. The average molecular weight is 524 g/mol. The lowest BCUT2D eigenvalue weighted by atomic mass is 9.95. The average Bonchev–Trinajstić information content (AvgIpc) is 2.68. The van der Waals surface area contributed by atoms with Crippen LogP contribution in [0.2, 0.25) is 0 Å². The molecule has 0 amide bonds. The van der Waals surface area contributed by atoms with E-state index in [2.05, 4.69) is 20.5 Å². The number of hydrogen-bond acceptors (Lipinski definition) is 3. The molecule has 3 unspecified atom stereocenters. The van der Waals surface area contributed by atoms with Crippen molar-refractivity contribution in [2.75, 3.05) is 32.9 Å². The third-order valence-corrected chi connectivity index (χ3v) is 6.74. The Labute approximate surface area is 188 Å². The van der Waals surface area contributed by atoms with Gasteiger partial charge in [0.1, 0.15) is 5.82 Å². The van der Waals surface area contributed by atoms with E-state index in [-0.39, 0.29) is 29.8 Å². The van der Waals surface area contributed by atoms with E-state index in [0.717, 1.165) is 62.6 Å². The zero-order chi connectivity index (χ0) is 19.6. The molecule has 1 aliphatic rings. The molecule has 0 bridgehead atoms. The zero-order valence-electron chi connectivity index (χ0n) is 17.1. The van der Waals surface area contributed by atoms with E-state index in [9.17, 15) is 8.60 Å². The molecule has 8 heteroatoms. The van der Waals surface area contributed by atoms with Gasteiger partial charge in [-0.1, -0.05) is 25.5 Å². The third kappa shape index (κ3) is 8.73. The van der Waals surface area contributed by atoms with Crippen molar-refractivity contribution in [3.63, 3.8) is 0 Å². The van der Waals surface area contributed by atoms with Gasteiger partial charge in [0.2, 0.25) is 0 Å². The van der Waals surface area contributed by atoms with Crippen LogP contribution in [0.15, 0.2) is 29.3 Å². The minimum atomic E-state index is -0.714. The Morgan fingerprint density at radius 2 is 2.04 bits per heavy atom. The van der Waals surface area contributed by atoms with E-state index in [4.69, 9.17) is 0 Å². The Kier molecular flexibility index (Phi) is 12.2. The fourth-order valence-electron chi connectivity index (χ4n) is 3.48. The zero-order valence-corrected chi connectivity index (χ0v) is 20.3. The van der Waals surface area contributed by atoms with Gasteiger partial charge in [-0.3, -0.25) is 9.20 Å². The summed E-state index contributed by atoms with van der Waals surface area (Å²) in [5.74, 6) is 1.34. The highest BCUT2D eigenvalue weighted by Crippen LogP contribution is 2.22. The number of guanidine groups is 1. The first kappa shape index (κ1) is 25.3. The largest absolute Gasteiger partial charge is 0.355 e. The summed E-state index contributed by atoms with van der Waals surface area (Å²) in [5.41, 5.74) is 1.10. The molecule has 3 atom stereocenters. The van der Waals surface area contributed by atoms with Crippen molar-refractivity contribution in [2.45, 2.75) is 50.4 Å².